The Labute approximate surface area is 164 Å². The normalized spacial score (nSPS) is 10.8. The number of carbonyl (C=O) groups excluding carboxylic acids is 1. The molecule has 140 valence electrons. The highest BCUT2D eigenvalue weighted by molar-refractivity contribution is 7.14. The third kappa shape index (κ3) is 4.32. The van der Waals surface area contributed by atoms with E-state index in [9.17, 15) is 9.18 Å². The molecule has 0 spiro atoms. The molecular formula is C21H16FN3O2S. The lowest BCUT2D eigenvalue weighted by molar-refractivity contribution is -0.116. The molecule has 1 amide bonds. The Morgan fingerprint density at radius 2 is 1.86 bits per heavy atom. The van der Waals surface area contributed by atoms with Crippen LogP contribution in [0.2, 0.25) is 0 Å². The van der Waals surface area contributed by atoms with Gasteiger partial charge in [-0.3, -0.25) is 4.79 Å². The van der Waals surface area contributed by atoms with Crippen molar-refractivity contribution < 1.29 is 13.6 Å². The molecule has 0 bridgehead atoms. The van der Waals surface area contributed by atoms with Crippen LogP contribution in [0.15, 0.2) is 70.6 Å². The molecule has 1 N–H and O–H groups in total. The van der Waals surface area contributed by atoms with Gasteiger partial charge in [0.05, 0.1) is 11.9 Å². The molecule has 2 heterocycles. The molecule has 0 fully saturated rings. The van der Waals surface area contributed by atoms with E-state index in [1.807, 2.05) is 35.7 Å². The summed E-state index contributed by atoms with van der Waals surface area (Å²) in [7, 11) is 0. The molecule has 0 aliphatic rings. The minimum absolute atomic E-state index is 0.167. The van der Waals surface area contributed by atoms with E-state index < -0.39 is 0 Å². The first-order chi connectivity index (χ1) is 13.7. The van der Waals surface area contributed by atoms with E-state index in [1.165, 1.54) is 23.5 Å². The SMILES string of the molecule is O=C(CCc1ncc(-c2ccccc2)o1)Nc1nc(-c2ccc(F)cc2)cs1. The number of halogens is 1. The van der Waals surface area contributed by atoms with E-state index in [0.717, 1.165) is 11.1 Å². The molecule has 7 heteroatoms. The highest BCUT2D eigenvalue weighted by Gasteiger charge is 2.11. The van der Waals surface area contributed by atoms with Crippen LogP contribution in [0, 0.1) is 5.82 Å². The Balaban J connectivity index is 1.33. The quantitative estimate of drug-likeness (QED) is 0.490. The van der Waals surface area contributed by atoms with Crippen molar-refractivity contribution in [3.05, 3.63) is 77.9 Å². The lowest BCUT2D eigenvalue weighted by Crippen LogP contribution is -2.12. The minimum Gasteiger partial charge on any atom is -0.441 e. The van der Waals surface area contributed by atoms with Crippen molar-refractivity contribution in [2.24, 2.45) is 0 Å². The van der Waals surface area contributed by atoms with Gasteiger partial charge in [0.15, 0.2) is 16.8 Å². The van der Waals surface area contributed by atoms with Gasteiger partial charge in [-0.2, -0.15) is 0 Å². The summed E-state index contributed by atoms with van der Waals surface area (Å²) in [5, 5.41) is 5.10. The lowest BCUT2D eigenvalue weighted by Gasteiger charge is -2.00. The maximum atomic E-state index is 13.0. The molecule has 0 unspecified atom stereocenters. The largest absolute Gasteiger partial charge is 0.441 e. The van der Waals surface area contributed by atoms with Crippen LogP contribution < -0.4 is 5.32 Å². The summed E-state index contributed by atoms with van der Waals surface area (Å²) >= 11 is 1.32. The van der Waals surface area contributed by atoms with Crippen LogP contribution in [-0.2, 0) is 11.2 Å². The molecule has 28 heavy (non-hydrogen) atoms. The number of oxazole rings is 1. The lowest BCUT2D eigenvalue weighted by atomic mass is 10.2. The summed E-state index contributed by atoms with van der Waals surface area (Å²) < 4.78 is 18.7. The Bertz CT molecular complexity index is 1070. The number of rotatable bonds is 6. The summed E-state index contributed by atoms with van der Waals surface area (Å²) in [6.45, 7) is 0. The zero-order valence-corrected chi connectivity index (χ0v) is 15.6. The standard InChI is InChI=1S/C21H16FN3O2S/c22-16-8-6-14(7-9-16)17-13-28-21(24-17)25-19(26)10-11-20-23-12-18(27-20)15-4-2-1-3-5-15/h1-9,12-13H,10-11H2,(H,24,25,26). The van der Waals surface area contributed by atoms with Gasteiger partial charge in [0.25, 0.3) is 0 Å². The number of benzene rings is 2. The van der Waals surface area contributed by atoms with Crippen molar-refractivity contribution in [2.75, 3.05) is 5.32 Å². The number of carbonyl (C=O) groups is 1. The van der Waals surface area contributed by atoms with Gasteiger partial charge in [0, 0.05) is 29.3 Å². The smallest absolute Gasteiger partial charge is 0.226 e. The van der Waals surface area contributed by atoms with E-state index in [1.54, 1.807) is 18.3 Å². The zero-order chi connectivity index (χ0) is 19.3. The number of hydrogen-bond acceptors (Lipinski definition) is 5. The van der Waals surface area contributed by atoms with Gasteiger partial charge in [0.1, 0.15) is 5.82 Å². The fourth-order valence-electron chi connectivity index (χ4n) is 2.65. The molecule has 0 aliphatic heterocycles. The second-order valence-corrected chi connectivity index (χ2v) is 6.94. The second-order valence-electron chi connectivity index (χ2n) is 6.08. The van der Waals surface area contributed by atoms with E-state index in [2.05, 4.69) is 15.3 Å². The third-order valence-corrected chi connectivity index (χ3v) is 4.83. The number of nitrogens with one attached hydrogen (secondary N) is 1. The highest BCUT2D eigenvalue weighted by atomic mass is 32.1. The van der Waals surface area contributed by atoms with Gasteiger partial charge < -0.3 is 9.73 Å². The second kappa shape index (κ2) is 8.14. The summed E-state index contributed by atoms with van der Waals surface area (Å²) in [6, 6.07) is 15.8. The fraction of sp³-hybridized carbons (Fsp3) is 0.0952. The number of thiazole rings is 1. The molecule has 0 atom stereocenters. The monoisotopic (exact) mass is 393 g/mol. The molecule has 5 nitrogen and oxygen atoms in total. The first-order valence-electron chi connectivity index (χ1n) is 8.69. The summed E-state index contributed by atoms with van der Waals surface area (Å²) in [5.74, 6) is 0.731. The van der Waals surface area contributed by atoms with Crippen LogP contribution in [0.5, 0.6) is 0 Å². The van der Waals surface area contributed by atoms with Crippen molar-refractivity contribution in [1.29, 1.82) is 0 Å². The number of amides is 1. The molecule has 4 aromatic rings. The van der Waals surface area contributed by atoms with Gasteiger partial charge in [-0.05, 0) is 24.3 Å². The molecule has 4 rings (SSSR count). The first-order valence-corrected chi connectivity index (χ1v) is 9.57. The number of anilines is 1. The minimum atomic E-state index is -0.297. The van der Waals surface area contributed by atoms with Gasteiger partial charge in [0.2, 0.25) is 5.91 Å². The van der Waals surface area contributed by atoms with Gasteiger partial charge >= 0.3 is 0 Å². The number of aryl methyl sites for hydroxylation is 1. The van der Waals surface area contributed by atoms with Crippen LogP contribution in [0.1, 0.15) is 12.3 Å². The average Bonchev–Trinajstić information content (AvgIpc) is 3.37. The average molecular weight is 393 g/mol. The molecule has 0 aliphatic carbocycles. The Hall–Kier alpha value is -3.32. The first kappa shape index (κ1) is 18.1. The molecule has 2 aromatic carbocycles. The Kier molecular flexibility index (Phi) is 5.25. The van der Waals surface area contributed by atoms with Gasteiger partial charge in [-0.25, -0.2) is 14.4 Å². The van der Waals surface area contributed by atoms with E-state index >= 15 is 0 Å². The Morgan fingerprint density at radius 1 is 1.07 bits per heavy atom. The Morgan fingerprint density at radius 3 is 2.64 bits per heavy atom. The number of nitrogens with zero attached hydrogens (tertiary/aromatic N) is 2. The molecule has 2 aromatic heterocycles. The number of aromatic nitrogens is 2. The molecule has 0 radical (unpaired) electrons. The summed E-state index contributed by atoms with van der Waals surface area (Å²) in [4.78, 5) is 20.8. The van der Waals surface area contributed by atoms with E-state index in [0.29, 0.717) is 28.9 Å². The zero-order valence-electron chi connectivity index (χ0n) is 14.8. The van der Waals surface area contributed by atoms with Crippen molar-refractivity contribution in [3.63, 3.8) is 0 Å². The predicted octanol–water partition coefficient (Wildman–Crippen LogP) is 5.18. The van der Waals surface area contributed by atoms with Gasteiger partial charge in [-0.1, -0.05) is 30.3 Å². The van der Waals surface area contributed by atoms with Crippen LogP contribution in [0.3, 0.4) is 0 Å². The van der Waals surface area contributed by atoms with Crippen molar-refractivity contribution in [2.45, 2.75) is 12.8 Å². The summed E-state index contributed by atoms with van der Waals surface area (Å²) in [6.07, 6.45) is 2.30. The number of hydrogen-bond donors (Lipinski definition) is 1. The van der Waals surface area contributed by atoms with Crippen LogP contribution in [0.25, 0.3) is 22.6 Å². The van der Waals surface area contributed by atoms with Crippen molar-refractivity contribution >= 4 is 22.4 Å². The maximum Gasteiger partial charge on any atom is 0.226 e. The third-order valence-electron chi connectivity index (χ3n) is 4.07. The predicted molar refractivity (Wildman–Crippen MR) is 106 cm³/mol. The van der Waals surface area contributed by atoms with E-state index in [-0.39, 0.29) is 18.1 Å². The molecule has 0 saturated carbocycles. The van der Waals surface area contributed by atoms with E-state index in [4.69, 9.17) is 4.42 Å². The van der Waals surface area contributed by atoms with Crippen LogP contribution >= 0.6 is 11.3 Å². The van der Waals surface area contributed by atoms with Crippen molar-refractivity contribution in [3.8, 4) is 22.6 Å². The highest BCUT2D eigenvalue weighted by Crippen LogP contribution is 2.25. The van der Waals surface area contributed by atoms with Crippen LogP contribution in [0.4, 0.5) is 9.52 Å². The molecular weight excluding hydrogens is 377 g/mol. The maximum absolute atomic E-state index is 13.0. The summed E-state index contributed by atoms with van der Waals surface area (Å²) in [5.41, 5.74) is 2.44. The van der Waals surface area contributed by atoms with Crippen LogP contribution in [-0.4, -0.2) is 15.9 Å². The topological polar surface area (TPSA) is 68.0 Å². The fourth-order valence-corrected chi connectivity index (χ4v) is 3.38. The molecule has 0 saturated heterocycles. The van der Waals surface area contributed by atoms with Gasteiger partial charge in [-0.15, -0.1) is 11.3 Å². The van der Waals surface area contributed by atoms with Crippen molar-refractivity contribution in [1.82, 2.24) is 9.97 Å².